The molecule has 0 aliphatic rings. The lowest BCUT2D eigenvalue weighted by molar-refractivity contribution is 0.0324. The van der Waals surface area contributed by atoms with E-state index in [1.807, 2.05) is 18.2 Å². The fourth-order valence-corrected chi connectivity index (χ4v) is 5.27. The maximum Gasteiger partial charge on any atom is 0.330 e. The van der Waals surface area contributed by atoms with E-state index in [0.29, 0.717) is 25.1 Å². The van der Waals surface area contributed by atoms with Crippen molar-refractivity contribution in [2.45, 2.75) is 18.4 Å². The molecule has 0 radical (unpaired) electrons. The van der Waals surface area contributed by atoms with E-state index in [1.54, 1.807) is 0 Å². The summed E-state index contributed by atoms with van der Waals surface area (Å²) in [7, 11) is -0.996. The van der Waals surface area contributed by atoms with Crippen LogP contribution in [0.15, 0.2) is 18.2 Å². The van der Waals surface area contributed by atoms with E-state index < -0.39 is 40.6 Å². The van der Waals surface area contributed by atoms with Gasteiger partial charge in [-0.25, -0.2) is 0 Å². The summed E-state index contributed by atoms with van der Waals surface area (Å²) in [4.78, 5) is 0. The average Bonchev–Trinajstić information content (AvgIpc) is 2.92. The van der Waals surface area contributed by atoms with Crippen molar-refractivity contribution in [3.8, 4) is 5.75 Å². The molecule has 1 rings (SSSR count). The van der Waals surface area contributed by atoms with E-state index in [0.717, 1.165) is 11.1 Å². The van der Waals surface area contributed by atoms with Gasteiger partial charge in [0.15, 0.2) is 0 Å². The zero-order valence-corrected chi connectivity index (χ0v) is 23.3. The molecule has 0 saturated heterocycles. The van der Waals surface area contributed by atoms with Gasteiger partial charge in [-0.2, -0.15) is 0 Å². The molecular weight excluding hydrogens is 516 g/mol. The molecule has 4 N–H and O–H groups in total. The van der Waals surface area contributed by atoms with Gasteiger partial charge in [0.25, 0.3) is 0 Å². The van der Waals surface area contributed by atoms with E-state index in [9.17, 15) is 24.4 Å². The number of nitrogens with one attached hydrogen (secondary N) is 1. The third-order valence-electron chi connectivity index (χ3n) is 5.64. The first kappa shape index (κ1) is 33.1. The van der Waals surface area contributed by atoms with Crippen molar-refractivity contribution in [2.75, 3.05) is 86.9 Å². The van der Waals surface area contributed by atoms with Crippen molar-refractivity contribution >= 4 is 15.2 Å². The van der Waals surface area contributed by atoms with Gasteiger partial charge in [-0.05, 0) is 36.1 Å². The summed E-state index contributed by atoms with van der Waals surface area (Å²) in [5.41, 5.74) is 0.543. The third-order valence-corrected chi connectivity index (χ3v) is 9.41. The van der Waals surface area contributed by atoms with Crippen molar-refractivity contribution in [1.29, 1.82) is 0 Å². The highest BCUT2D eigenvalue weighted by Gasteiger charge is 2.27. The molecule has 210 valence electrons. The van der Waals surface area contributed by atoms with Crippen molar-refractivity contribution in [1.82, 2.24) is 5.32 Å². The Morgan fingerprint density at radius 2 is 1.22 bits per heavy atom. The molecule has 1 aromatic rings. The third kappa shape index (κ3) is 11.2. The minimum Gasteiger partial charge on any atom is -0.491 e. The maximum absolute atomic E-state index is 12.4. The molecule has 0 spiro atoms. The zero-order chi connectivity index (χ0) is 27.1. The van der Waals surface area contributed by atoms with Crippen LogP contribution in [0.1, 0.15) is 11.1 Å². The summed E-state index contributed by atoms with van der Waals surface area (Å²) in [6.07, 6.45) is 1.20. The first-order valence-electron chi connectivity index (χ1n) is 11.5. The highest BCUT2D eigenvalue weighted by atomic mass is 31.2. The molecule has 0 aliphatic heterocycles. The van der Waals surface area contributed by atoms with Crippen molar-refractivity contribution in [2.24, 2.45) is 0 Å². The Hall–Kier alpha value is -0.880. The molecule has 0 amide bonds. The van der Waals surface area contributed by atoms with Gasteiger partial charge in [-0.3, -0.25) is 9.13 Å². The zero-order valence-electron chi connectivity index (χ0n) is 21.5. The Kier molecular flexibility index (Phi) is 15.5. The first-order chi connectivity index (χ1) is 17.2. The SMILES string of the molecule is COP(=O)(CCc1cc(CCP(=O)(OC)OC)cc(OCCOCCNC(CO)(CO)CO)c1)OC. The van der Waals surface area contributed by atoms with Crippen molar-refractivity contribution in [3.63, 3.8) is 0 Å². The topological polar surface area (TPSA) is 162 Å². The second kappa shape index (κ2) is 16.9. The van der Waals surface area contributed by atoms with E-state index >= 15 is 0 Å². The molecule has 0 aliphatic carbocycles. The van der Waals surface area contributed by atoms with Gasteiger partial charge in [-0.15, -0.1) is 0 Å². The number of ether oxygens (including phenoxy) is 2. The van der Waals surface area contributed by atoms with Gasteiger partial charge in [0, 0.05) is 35.0 Å². The van der Waals surface area contributed by atoms with Crippen LogP contribution in [0.4, 0.5) is 0 Å². The highest BCUT2D eigenvalue weighted by Crippen LogP contribution is 2.47. The van der Waals surface area contributed by atoms with E-state index in [2.05, 4.69) is 5.32 Å². The summed E-state index contributed by atoms with van der Waals surface area (Å²) in [5.74, 6) is 0.568. The average molecular weight is 558 g/mol. The number of aryl methyl sites for hydroxylation is 2. The van der Waals surface area contributed by atoms with Gasteiger partial charge in [0.1, 0.15) is 12.4 Å². The molecule has 0 aromatic heterocycles. The Morgan fingerprint density at radius 1 is 0.750 bits per heavy atom. The molecule has 0 saturated carbocycles. The first-order valence-corrected chi connectivity index (χ1v) is 14.9. The van der Waals surface area contributed by atoms with Crippen LogP contribution in [-0.4, -0.2) is 108 Å². The number of hydrogen-bond acceptors (Lipinski definition) is 12. The largest absolute Gasteiger partial charge is 0.491 e. The van der Waals surface area contributed by atoms with Crippen LogP contribution in [0.3, 0.4) is 0 Å². The maximum atomic E-state index is 12.4. The predicted octanol–water partition coefficient (Wildman–Crippen LogP) is 1.44. The Bertz CT molecular complexity index is 779. The molecule has 0 unspecified atom stereocenters. The van der Waals surface area contributed by atoms with Crippen LogP contribution in [0.25, 0.3) is 0 Å². The molecule has 0 atom stereocenters. The van der Waals surface area contributed by atoms with Gasteiger partial charge in [0.2, 0.25) is 0 Å². The van der Waals surface area contributed by atoms with Gasteiger partial charge >= 0.3 is 15.2 Å². The van der Waals surface area contributed by atoms with Gasteiger partial charge < -0.3 is 48.2 Å². The van der Waals surface area contributed by atoms with Crippen LogP contribution < -0.4 is 10.1 Å². The standard InChI is InChI=1S/C22H41NO11P2/c1-29-35(27,30-2)11-5-19-13-20(6-12-36(28,31-3)32-4)15-21(14-19)34-10-9-33-8-7-23-22(16-24,17-25)18-26/h13-15,23-26H,5-12,16-18H2,1-4H3. The fourth-order valence-electron chi connectivity index (χ4n) is 3.17. The monoisotopic (exact) mass is 557 g/mol. The smallest absolute Gasteiger partial charge is 0.330 e. The molecule has 0 fully saturated rings. The van der Waals surface area contributed by atoms with Crippen molar-refractivity contribution in [3.05, 3.63) is 29.3 Å². The molecule has 1 aromatic carbocycles. The van der Waals surface area contributed by atoms with Gasteiger partial charge in [0.05, 0.1) is 50.9 Å². The second-order valence-electron chi connectivity index (χ2n) is 8.03. The molecule has 0 bridgehead atoms. The molecule has 12 nitrogen and oxygen atoms in total. The minimum atomic E-state index is -3.18. The van der Waals surface area contributed by atoms with Gasteiger partial charge in [-0.1, -0.05) is 6.07 Å². The van der Waals surface area contributed by atoms with E-state index in [1.165, 1.54) is 28.4 Å². The number of aliphatic hydroxyl groups is 3. The quantitative estimate of drug-likeness (QED) is 0.127. The molecule has 14 heteroatoms. The number of benzene rings is 1. The number of aliphatic hydroxyl groups excluding tert-OH is 3. The van der Waals surface area contributed by atoms with Crippen LogP contribution in [0, 0.1) is 0 Å². The van der Waals surface area contributed by atoms with Crippen LogP contribution >= 0.6 is 15.2 Å². The Balaban J connectivity index is 2.73. The summed E-state index contributed by atoms with van der Waals surface area (Å²) in [6, 6.07) is 5.56. The Morgan fingerprint density at radius 3 is 1.64 bits per heavy atom. The minimum absolute atomic E-state index is 0.185. The fraction of sp³-hybridized carbons (Fsp3) is 0.727. The molecular formula is C22H41NO11P2. The second-order valence-corrected chi connectivity index (χ2v) is 12.8. The molecule has 0 heterocycles. The predicted molar refractivity (Wildman–Crippen MR) is 135 cm³/mol. The lowest BCUT2D eigenvalue weighted by Gasteiger charge is -2.28. The number of hydrogen-bond donors (Lipinski definition) is 4. The molecule has 36 heavy (non-hydrogen) atoms. The highest BCUT2D eigenvalue weighted by molar-refractivity contribution is 7.54. The van der Waals surface area contributed by atoms with Crippen LogP contribution in [-0.2, 0) is 44.8 Å². The van der Waals surface area contributed by atoms with Crippen LogP contribution in [0.5, 0.6) is 5.75 Å². The number of rotatable bonds is 21. The van der Waals surface area contributed by atoms with Crippen molar-refractivity contribution < 1.29 is 52.0 Å². The lowest BCUT2D eigenvalue weighted by Crippen LogP contribution is -2.55. The van der Waals surface area contributed by atoms with E-state index in [-0.39, 0.29) is 32.1 Å². The normalized spacial score (nSPS) is 12.8. The van der Waals surface area contributed by atoms with Crippen LogP contribution in [0.2, 0.25) is 0 Å². The summed E-state index contributed by atoms with van der Waals surface area (Å²) in [6.45, 7) is -0.0981. The van der Waals surface area contributed by atoms with E-state index in [4.69, 9.17) is 27.6 Å². The Labute approximate surface area is 213 Å². The summed E-state index contributed by atoms with van der Waals surface area (Å²) < 4.78 is 56.3. The lowest BCUT2D eigenvalue weighted by atomic mass is 10.0. The summed E-state index contributed by atoms with van der Waals surface area (Å²) in [5, 5.41) is 30.8. The summed E-state index contributed by atoms with van der Waals surface area (Å²) >= 11 is 0.